The largest absolute Gasteiger partial charge is 0.497 e. The topological polar surface area (TPSA) is 128 Å². The van der Waals surface area contributed by atoms with Gasteiger partial charge in [0.25, 0.3) is 15.9 Å². The van der Waals surface area contributed by atoms with E-state index in [-0.39, 0.29) is 16.3 Å². The lowest BCUT2D eigenvalue weighted by molar-refractivity contribution is -0.117. The van der Waals surface area contributed by atoms with Gasteiger partial charge in [0, 0.05) is 18.2 Å². The maximum Gasteiger partial charge on any atom is 0.278 e. The Morgan fingerprint density at radius 3 is 2.48 bits per heavy atom. The fourth-order valence-corrected chi connectivity index (χ4v) is 3.52. The van der Waals surface area contributed by atoms with E-state index in [0.717, 1.165) is 13.3 Å². The molecule has 0 radical (unpaired) electrons. The van der Waals surface area contributed by atoms with Gasteiger partial charge >= 0.3 is 0 Å². The molecule has 0 saturated heterocycles. The van der Waals surface area contributed by atoms with Gasteiger partial charge in [0.1, 0.15) is 5.75 Å². The van der Waals surface area contributed by atoms with Crippen LogP contribution in [-0.4, -0.2) is 32.3 Å². The van der Waals surface area contributed by atoms with Crippen LogP contribution in [0, 0.1) is 0 Å². The number of ether oxygens (including phenoxy) is 1. The van der Waals surface area contributed by atoms with Crippen molar-refractivity contribution < 1.29 is 27.2 Å². The summed E-state index contributed by atoms with van der Waals surface area (Å²) in [6.45, 7) is 1.10. The van der Waals surface area contributed by atoms with E-state index in [1.165, 1.54) is 31.4 Å². The molecule has 0 fully saturated rings. The van der Waals surface area contributed by atoms with Crippen LogP contribution >= 0.6 is 0 Å². The van der Waals surface area contributed by atoms with E-state index in [0.29, 0.717) is 17.0 Å². The fourth-order valence-electron chi connectivity index (χ4n) is 2.53. The summed E-state index contributed by atoms with van der Waals surface area (Å²) < 4.78 is 36.3. The van der Waals surface area contributed by atoms with Crippen LogP contribution in [0.25, 0.3) is 11.3 Å². The van der Waals surface area contributed by atoms with Crippen LogP contribution in [-0.2, 0) is 14.8 Å². The van der Waals surface area contributed by atoms with Crippen molar-refractivity contribution in [1.82, 2.24) is 9.71 Å². The van der Waals surface area contributed by atoms with E-state index in [2.05, 4.69) is 10.3 Å². The van der Waals surface area contributed by atoms with Gasteiger partial charge in [-0.15, -0.1) is 0 Å². The fraction of sp³-hybridized carbons (Fsp3) is 0.105. The molecule has 2 aromatic carbocycles. The third kappa shape index (κ3) is 4.61. The highest BCUT2D eigenvalue weighted by Gasteiger charge is 2.20. The lowest BCUT2D eigenvalue weighted by Gasteiger charge is -2.08. The highest BCUT2D eigenvalue weighted by atomic mass is 32.2. The van der Waals surface area contributed by atoms with Gasteiger partial charge in [0.2, 0.25) is 5.91 Å². The van der Waals surface area contributed by atoms with E-state index in [1.807, 2.05) is 4.72 Å². The van der Waals surface area contributed by atoms with Crippen molar-refractivity contribution in [3.63, 3.8) is 0 Å². The number of anilines is 1. The molecule has 10 heteroatoms. The first-order chi connectivity index (χ1) is 13.8. The molecule has 0 aliphatic rings. The minimum absolute atomic E-state index is 0.0631. The van der Waals surface area contributed by atoms with Gasteiger partial charge in [-0.25, -0.2) is 18.1 Å². The number of benzene rings is 2. The number of amides is 2. The summed E-state index contributed by atoms with van der Waals surface area (Å²) in [5.74, 6) is -0.361. The summed E-state index contributed by atoms with van der Waals surface area (Å²) in [5, 5.41) is 2.63. The monoisotopic (exact) mass is 415 g/mol. The van der Waals surface area contributed by atoms with Crippen LogP contribution in [0.2, 0.25) is 0 Å². The first-order valence-corrected chi connectivity index (χ1v) is 9.81. The molecule has 29 heavy (non-hydrogen) atoms. The number of hydrogen-bond acceptors (Lipinski definition) is 7. The Balaban J connectivity index is 1.80. The number of nitrogens with one attached hydrogen (secondary N) is 2. The normalized spacial score (nSPS) is 11.0. The average Bonchev–Trinajstić information content (AvgIpc) is 3.17. The molecular formula is C19H17N3O6S. The number of sulfonamides is 1. The Hall–Kier alpha value is -3.66. The Kier molecular flexibility index (Phi) is 5.64. The smallest absolute Gasteiger partial charge is 0.278 e. The highest BCUT2D eigenvalue weighted by Crippen LogP contribution is 2.27. The molecular weight excluding hydrogens is 398 g/mol. The molecule has 150 valence electrons. The number of hydrogen-bond donors (Lipinski definition) is 2. The average molecular weight is 415 g/mol. The predicted octanol–water partition coefficient (Wildman–Crippen LogP) is 2.43. The predicted molar refractivity (Wildman–Crippen MR) is 104 cm³/mol. The summed E-state index contributed by atoms with van der Waals surface area (Å²) in [4.78, 5) is 27.5. The van der Waals surface area contributed by atoms with E-state index < -0.39 is 21.8 Å². The molecule has 0 aliphatic carbocycles. The molecule has 1 aromatic heterocycles. The molecule has 1 heterocycles. The van der Waals surface area contributed by atoms with E-state index in [4.69, 9.17) is 9.15 Å². The van der Waals surface area contributed by atoms with Gasteiger partial charge in [0.05, 0.1) is 12.0 Å². The van der Waals surface area contributed by atoms with Gasteiger partial charge < -0.3 is 14.5 Å². The number of carbonyl (C=O) groups is 2. The summed E-state index contributed by atoms with van der Waals surface area (Å²) in [7, 11) is -2.42. The Labute approximate surface area is 166 Å². The van der Waals surface area contributed by atoms with Gasteiger partial charge in [-0.05, 0) is 36.4 Å². The van der Waals surface area contributed by atoms with Crippen molar-refractivity contribution in [2.45, 2.75) is 11.8 Å². The zero-order chi connectivity index (χ0) is 21.0. The molecule has 0 atom stereocenters. The van der Waals surface area contributed by atoms with Crippen molar-refractivity contribution in [2.24, 2.45) is 0 Å². The lowest BCUT2D eigenvalue weighted by Crippen LogP contribution is -2.28. The molecule has 3 rings (SSSR count). The van der Waals surface area contributed by atoms with Crippen LogP contribution in [0.4, 0.5) is 5.69 Å². The standard InChI is InChI=1S/C19H17N3O6S/c1-12(23)22-29(25,26)16-8-6-14(7-9-16)21-19(24)17-18(28-11-20-17)13-4-3-5-15(10-13)27-2/h3-11H,1-2H3,(H,21,24)(H,22,23). The van der Waals surface area contributed by atoms with Crippen LogP contribution in [0.3, 0.4) is 0 Å². The van der Waals surface area contributed by atoms with Crippen LogP contribution < -0.4 is 14.8 Å². The summed E-state index contributed by atoms with van der Waals surface area (Å²) in [6, 6.07) is 12.3. The van der Waals surface area contributed by atoms with Crippen molar-refractivity contribution in [1.29, 1.82) is 0 Å². The maximum absolute atomic E-state index is 12.6. The minimum Gasteiger partial charge on any atom is -0.497 e. The third-order valence-corrected chi connectivity index (χ3v) is 5.26. The SMILES string of the molecule is COc1cccc(-c2ocnc2C(=O)Nc2ccc(S(=O)(=O)NC(C)=O)cc2)c1. The van der Waals surface area contributed by atoms with Gasteiger partial charge in [-0.3, -0.25) is 9.59 Å². The van der Waals surface area contributed by atoms with Gasteiger partial charge in [-0.2, -0.15) is 0 Å². The van der Waals surface area contributed by atoms with E-state index in [9.17, 15) is 18.0 Å². The lowest BCUT2D eigenvalue weighted by atomic mass is 10.1. The first kappa shape index (κ1) is 20.1. The highest BCUT2D eigenvalue weighted by molar-refractivity contribution is 7.90. The van der Waals surface area contributed by atoms with Crippen molar-refractivity contribution >= 4 is 27.5 Å². The second kappa shape index (κ2) is 8.15. The molecule has 2 N–H and O–H groups in total. The molecule has 0 spiro atoms. The van der Waals surface area contributed by atoms with Crippen LogP contribution in [0.5, 0.6) is 5.75 Å². The summed E-state index contributed by atoms with van der Waals surface area (Å²) >= 11 is 0. The molecule has 0 aliphatic heterocycles. The van der Waals surface area contributed by atoms with Crippen LogP contribution in [0.15, 0.2) is 64.2 Å². The molecule has 0 bridgehead atoms. The van der Waals surface area contributed by atoms with Crippen molar-refractivity contribution in [3.8, 4) is 17.1 Å². The van der Waals surface area contributed by atoms with Crippen LogP contribution in [0.1, 0.15) is 17.4 Å². The Morgan fingerprint density at radius 1 is 1.10 bits per heavy atom. The number of aromatic nitrogens is 1. The van der Waals surface area contributed by atoms with E-state index >= 15 is 0 Å². The molecule has 2 amide bonds. The number of rotatable bonds is 6. The molecule has 9 nitrogen and oxygen atoms in total. The third-order valence-electron chi connectivity index (χ3n) is 3.82. The maximum atomic E-state index is 12.6. The number of oxazole rings is 1. The summed E-state index contributed by atoms with van der Waals surface area (Å²) in [6.07, 6.45) is 1.16. The van der Waals surface area contributed by atoms with E-state index in [1.54, 1.807) is 24.3 Å². The van der Waals surface area contributed by atoms with Gasteiger partial charge in [0.15, 0.2) is 17.8 Å². The molecule has 0 saturated carbocycles. The van der Waals surface area contributed by atoms with Crippen molar-refractivity contribution in [2.75, 3.05) is 12.4 Å². The first-order valence-electron chi connectivity index (χ1n) is 8.33. The zero-order valence-electron chi connectivity index (χ0n) is 15.5. The second-order valence-corrected chi connectivity index (χ2v) is 7.58. The minimum atomic E-state index is -3.95. The zero-order valence-corrected chi connectivity index (χ0v) is 16.3. The summed E-state index contributed by atoms with van der Waals surface area (Å²) in [5.41, 5.74) is 1.02. The number of carbonyl (C=O) groups excluding carboxylic acids is 2. The quantitative estimate of drug-likeness (QED) is 0.633. The second-order valence-electron chi connectivity index (χ2n) is 5.90. The number of nitrogens with zero attached hydrogens (tertiary/aromatic N) is 1. The van der Waals surface area contributed by atoms with Gasteiger partial charge in [-0.1, -0.05) is 12.1 Å². The van der Waals surface area contributed by atoms with Crippen molar-refractivity contribution in [3.05, 3.63) is 60.6 Å². The Morgan fingerprint density at radius 2 is 1.83 bits per heavy atom. The molecule has 3 aromatic rings. The molecule has 0 unspecified atom stereocenters. The Bertz CT molecular complexity index is 1150. The number of methoxy groups -OCH3 is 1.